The van der Waals surface area contributed by atoms with Crippen LogP contribution in [0.15, 0.2) is 53.4 Å². The fourth-order valence-electron chi connectivity index (χ4n) is 2.74. The zero-order chi connectivity index (χ0) is 22.4. The predicted octanol–water partition coefficient (Wildman–Crippen LogP) is 4.23. The average Bonchev–Trinajstić information content (AvgIpc) is 3.01. The van der Waals surface area contributed by atoms with Crippen LogP contribution >= 0.6 is 24.0 Å². The number of carbonyl (C=O) groups excluding carboxylic acids is 3. The molecule has 0 bridgehead atoms. The maximum Gasteiger partial charge on any atom is 0.338 e. The van der Waals surface area contributed by atoms with Crippen LogP contribution in [0.25, 0.3) is 6.08 Å². The number of nitrogens with one attached hydrogen (secondary N) is 1. The SMILES string of the molecule is CCOC(=O)c1ccc(NC(=O)CCN2C(=O)/C(=C/c3ccc(F)cc3)SC2=S)cc1. The van der Waals surface area contributed by atoms with Gasteiger partial charge in [0.15, 0.2) is 0 Å². The Morgan fingerprint density at radius 2 is 1.84 bits per heavy atom. The van der Waals surface area contributed by atoms with Gasteiger partial charge < -0.3 is 10.1 Å². The second-order valence-corrected chi connectivity index (χ2v) is 8.16. The first-order valence-corrected chi connectivity index (χ1v) is 10.7. The van der Waals surface area contributed by atoms with Crippen LogP contribution in [0.3, 0.4) is 0 Å². The maximum atomic E-state index is 13.0. The van der Waals surface area contributed by atoms with E-state index in [0.29, 0.717) is 26.0 Å². The first kappa shape index (κ1) is 22.6. The van der Waals surface area contributed by atoms with Gasteiger partial charge in [0.25, 0.3) is 5.91 Å². The van der Waals surface area contributed by atoms with Crippen molar-refractivity contribution in [3.8, 4) is 0 Å². The minimum absolute atomic E-state index is 0.0515. The summed E-state index contributed by atoms with van der Waals surface area (Å²) in [6.07, 6.45) is 1.69. The molecule has 1 heterocycles. The van der Waals surface area contributed by atoms with Crippen LogP contribution in [-0.4, -0.2) is 40.2 Å². The molecule has 6 nitrogen and oxygen atoms in total. The Bertz CT molecular complexity index is 1040. The maximum absolute atomic E-state index is 13.0. The van der Waals surface area contributed by atoms with Crippen LogP contribution < -0.4 is 5.32 Å². The Kier molecular flexibility index (Phi) is 7.54. The highest BCUT2D eigenvalue weighted by atomic mass is 32.2. The molecule has 2 aromatic rings. The topological polar surface area (TPSA) is 75.7 Å². The van der Waals surface area contributed by atoms with E-state index in [4.69, 9.17) is 17.0 Å². The van der Waals surface area contributed by atoms with Crippen LogP contribution in [0, 0.1) is 5.82 Å². The van der Waals surface area contributed by atoms with Gasteiger partial charge in [0.2, 0.25) is 5.91 Å². The van der Waals surface area contributed by atoms with E-state index in [1.807, 2.05) is 0 Å². The molecular formula is C22H19FN2O4S2. The van der Waals surface area contributed by atoms with Crippen molar-refractivity contribution in [3.05, 3.63) is 70.4 Å². The number of nitrogens with zero attached hydrogens (tertiary/aromatic N) is 1. The van der Waals surface area contributed by atoms with Crippen LogP contribution in [-0.2, 0) is 14.3 Å². The summed E-state index contributed by atoms with van der Waals surface area (Å²) >= 11 is 6.41. The van der Waals surface area contributed by atoms with Gasteiger partial charge in [-0.15, -0.1) is 0 Å². The van der Waals surface area contributed by atoms with E-state index in [9.17, 15) is 18.8 Å². The monoisotopic (exact) mass is 458 g/mol. The highest BCUT2D eigenvalue weighted by molar-refractivity contribution is 8.26. The summed E-state index contributed by atoms with van der Waals surface area (Å²) in [6, 6.07) is 12.1. The van der Waals surface area contributed by atoms with E-state index >= 15 is 0 Å². The van der Waals surface area contributed by atoms with Crippen molar-refractivity contribution in [1.29, 1.82) is 0 Å². The Hall–Kier alpha value is -3.04. The zero-order valence-electron chi connectivity index (χ0n) is 16.6. The largest absolute Gasteiger partial charge is 0.462 e. The molecule has 0 spiro atoms. The number of rotatable bonds is 7. The molecule has 0 aromatic heterocycles. The molecule has 1 aliphatic heterocycles. The summed E-state index contributed by atoms with van der Waals surface area (Å²) < 4.78 is 18.3. The van der Waals surface area contributed by atoms with E-state index in [-0.39, 0.29) is 37.2 Å². The number of thioether (sulfide) groups is 1. The molecule has 0 saturated carbocycles. The average molecular weight is 459 g/mol. The molecule has 0 aliphatic carbocycles. The van der Waals surface area contributed by atoms with Gasteiger partial charge in [0.05, 0.1) is 17.1 Å². The number of carbonyl (C=O) groups is 3. The quantitative estimate of drug-likeness (QED) is 0.380. The standard InChI is InChI=1S/C22H19FN2O4S2/c1-2-29-21(28)15-5-9-17(10-6-15)24-19(26)11-12-25-20(27)18(31-22(25)30)13-14-3-7-16(23)8-4-14/h3-10,13H,2,11-12H2,1H3,(H,24,26)/b18-13-. The second kappa shape index (κ2) is 10.3. The summed E-state index contributed by atoms with van der Waals surface area (Å²) in [6.45, 7) is 2.15. The Morgan fingerprint density at radius 3 is 2.48 bits per heavy atom. The molecule has 3 rings (SSSR count). The van der Waals surface area contributed by atoms with Crippen molar-refractivity contribution in [2.75, 3.05) is 18.5 Å². The Labute approximate surface area is 188 Å². The number of esters is 1. The second-order valence-electron chi connectivity index (χ2n) is 6.48. The molecule has 1 saturated heterocycles. The van der Waals surface area contributed by atoms with Crippen LogP contribution in [0.2, 0.25) is 0 Å². The van der Waals surface area contributed by atoms with Gasteiger partial charge >= 0.3 is 5.97 Å². The lowest BCUT2D eigenvalue weighted by molar-refractivity contribution is -0.122. The fraction of sp³-hybridized carbons (Fsp3) is 0.182. The van der Waals surface area contributed by atoms with Gasteiger partial charge in [-0.3, -0.25) is 14.5 Å². The number of amides is 2. The van der Waals surface area contributed by atoms with Crippen LogP contribution in [0.1, 0.15) is 29.3 Å². The van der Waals surface area contributed by atoms with Gasteiger partial charge in [0.1, 0.15) is 10.1 Å². The van der Waals surface area contributed by atoms with Crippen molar-refractivity contribution in [3.63, 3.8) is 0 Å². The highest BCUT2D eigenvalue weighted by Crippen LogP contribution is 2.32. The van der Waals surface area contributed by atoms with E-state index < -0.39 is 5.97 Å². The van der Waals surface area contributed by atoms with Gasteiger partial charge in [0, 0.05) is 18.7 Å². The molecule has 160 valence electrons. The summed E-state index contributed by atoms with van der Waals surface area (Å²) in [5, 5.41) is 2.72. The van der Waals surface area contributed by atoms with Gasteiger partial charge in [-0.05, 0) is 55.0 Å². The fourth-order valence-corrected chi connectivity index (χ4v) is 4.05. The molecule has 9 heteroatoms. The predicted molar refractivity (Wildman–Crippen MR) is 122 cm³/mol. The lowest BCUT2D eigenvalue weighted by Crippen LogP contribution is -2.31. The van der Waals surface area contributed by atoms with Gasteiger partial charge in [-0.25, -0.2) is 9.18 Å². The molecule has 2 amide bonds. The summed E-state index contributed by atoms with van der Waals surface area (Å²) in [7, 11) is 0. The van der Waals surface area contributed by atoms with Crippen molar-refractivity contribution in [2.24, 2.45) is 0 Å². The third-order valence-corrected chi connectivity index (χ3v) is 5.66. The number of halogens is 1. The van der Waals surface area contributed by atoms with Crippen LogP contribution in [0.5, 0.6) is 0 Å². The van der Waals surface area contributed by atoms with E-state index in [0.717, 1.165) is 11.8 Å². The Balaban J connectivity index is 1.55. The van der Waals surface area contributed by atoms with Crippen LogP contribution in [0.4, 0.5) is 10.1 Å². The molecule has 1 aliphatic rings. The molecule has 1 N–H and O–H groups in total. The Morgan fingerprint density at radius 1 is 1.16 bits per heavy atom. The van der Waals surface area contributed by atoms with Crippen molar-refractivity contribution in [1.82, 2.24) is 4.90 Å². The number of hydrogen-bond donors (Lipinski definition) is 1. The first-order chi connectivity index (χ1) is 14.9. The third-order valence-electron chi connectivity index (χ3n) is 4.28. The molecule has 2 aromatic carbocycles. The normalized spacial score (nSPS) is 14.8. The number of ether oxygens (including phenoxy) is 1. The molecule has 0 atom stereocenters. The van der Waals surface area contributed by atoms with E-state index in [1.54, 1.807) is 49.4 Å². The summed E-state index contributed by atoms with van der Waals surface area (Å²) in [4.78, 5) is 38.3. The highest BCUT2D eigenvalue weighted by Gasteiger charge is 2.32. The molecule has 31 heavy (non-hydrogen) atoms. The van der Waals surface area contributed by atoms with Crippen molar-refractivity contribution < 1.29 is 23.5 Å². The van der Waals surface area contributed by atoms with Gasteiger partial charge in [-0.2, -0.15) is 0 Å². The molecular weight excluding hydrogens is 439 g/mol. The smallest absolute Gasteiger partial charge is 0.338 e. The number of anilines is 1. The lowest BCUT2D eigenvalue weighted by atomic mass is 10.2. The first-order valence-electron chi connectivity index (χ1n) is 9.45. The minimum atomic E-state index is -0.427. The number of benzene rings is 2. The van der Waals surface area contributed by atoms with Crippen molar-refractivity contribution >= 4 is 57.8 Å². The van der Waals surface area contributed by atoms with Gasteiger partial charge in [-0.1, -0.05) is 36.1 Å². The third kappa shape index (κ3) is 5.99. The molecule has 0 unspecified atom stereocenters. The van der Waals surface area contributed by atoms with Crippen molar-refractivity contribution in [2.45, 2.75) is 13.3 Å². The summed E-state index contributed by atoms with van der Waals surface area (Å²) in [5.74, 6) is -1.36. The minimum Gasteiger partial charge on any atom is -0.462 e. The number of hydrogen-bond acceptors (Lipinski definition) is 6. The summed E-state index contributed by atoms with van der Waals surface area (Å²) in [5.41, 5.74) is 1.61. The molecule has 0 radical (unpaired) electrons. The lowest BCUT2D eigenvalue weighted by Gasteiger charge is -2.14. The molecule has 1 fully saturated rings. The number of thiocarbonyl (C=S) groups is 1. The zero-order valence-corrected chi connectivity index (χ0v) is 18.2. The van der Waals surface area contributed by atoms with E-state index in [2.05, 4.69) is 5.32 Å². The van der Waals surface area contributed by atoms with E-state index in [1.165, 1.54) is 17.0 Å².